The van der Waals surface area contributed by atoms with E-state index in [1.165, 1.54) is 7.11 Å². The molecular formula is C16H24N2O5. The minimum absolute atomic E-state index is 0.0426. The molecule has 0 unspecified atom stereocenters. The number of amides is 2. The maximum absolute atomic E-state index is 11.9. The molecule has 1 aromatic carbocycles. The summed E-state index contributed by atoms with van der Waals surface area (Å²) in [6.07, 6.45) is 0.902. The lowest BCUT2D eigenvalue weighted by molar-refractivity contribution is -0.125. The summed E-state index contributed by atoms with van der Waals surface area (Å²) in [5.41, 5.74) is 0.778. The fraction of sp³-hybridized carbons (Fsp3) is 0.500. The molecule has 128 valence electrons. The van der Waals surface area contributed by atoms with Gasteiger partial charge in [0.15, 0.2) is 11.5 Å². The van der Waals surface area contributed by atoms with Crippen LogP contribution in [0.5, 0.6) is 11.5 Å². The molecule has 2 N–H and O–H groups in total. The lowest BCUT2D eigenvalue weighted by atomic mass is 10.1. The van der Waals surface area contributed by atoms with Crippen molar-refractivity contribution < 1.29 is 23.8 Å². The van der Waals surface area contributed by atoms with Crippen molar-refractivity contribution >= 4 is 11.8 Å². The van der Waals surface area contributed by atoms with Crippen LogP contribution < -0.4 is 20.1 Å². The van der Waals surface area contributed by atoms with E-state index in [0.717, 1.165) is 12.0 Å². The highest BCUT2D eigenvalue weighted by Crippen LogP contribution is 2.27. The van der Waals surface area contributed by atoms with Gasteiger partial charge in [-0.1, -0.05) is 6.07 Å². The zero-order valence-corrected chi connectivity index (χ0v) is 13.8. The third-order valence-electron chi connectivity index (χ3n) is 3.11. The average Bonchev–Trinajstić information content (AvgIpc) is 2.56. The van der Waals surface area contributed by atoms with Crippen LogP contribution in [0.15, 0.2) is 18.2 Å². The number of carbonyl (C=O) groups excluding carboxylic acids is 2. The molecule has 0 saturated heterocycles. The summed E-state index contributed by atoms with van der Waals surface area (Å²) in [4.78, 5) is 23.4. The molecule has 0 saturated carbocycles. The van der Waals surface area contributed by atoms with Gasteiger partial charge in [0.1, 0.15) is 0 Å². The summed E-state index contributed by atoms with van der Waals surface area (Å²) in [6, 6.07) is 5.26. The van der Waals surface area contributed by atoms with Crippen LogP contribution in [0.1, 0.15) is 12.0 Å². The van der Waals surface area contributed by atoms with E-state index in [0.29, 0.717) is 24.7 Å². The first-order chi connectivity index (χ1) is 11.1. The summed E-state index contributed by atoms with van der Waals surface area (Å²) in [5.74, 6) is 0.715. The highest BCUT2D eigenvalue weighted by Gasteiger charge is 2.09. The van der Waals surface area contributed by atoms with Gasteiger partial charge in [0, 0.05) is 20.3 Å². The predicted octanol–water partition coefficient (Wildman–Crippen LogP) is 0.515. The number of hydrogen-bond acceptors (Lipinski definition) is 5. The van der Waals surface area contributed by atoms with Gasteiger partial charge in [-0.05, 0) is 24.1 Å². The summed E-state index contributed by atoms with van der Waals surface area (Å²) < 4.78 is 15.2. The molecule has 0 bridgehead atoms. The van der Waals surface area contributed by atoms with E-state index in [2.05, 4.69) is 10.6 Å². The van der Waals surface area contributed by atoms with Crippen LogP contribution in [-0.4, -0.2) is 52.8 Å². The summed E-state index contributed by atoms with van der Waals surface area (Å²) in [5, 5.41) is 5.28. The third kappa shape index (κ3) is 7.01. The van der Waals surface area contributed by atoms with Crippen molar-refractivity contribution in [1.82, 2.24) is 10.6 Å². The maximum atomic E-state index is 11.9. The van der Waals surface area contributed by atoms with Gasteiger partial charge in [-0.2, -0.15) is 0 Å². The van der Waals surface area contributed by atoms with Gasteiger partial charge < -0.3 is 24.8 Å². The van der Waals surface area contributed by atoms with Gasteiger partial charge in [0.25, 0.3) is 0 Å². The van der Waals surface area contributed by atoms with Crippen molar-refractivity contribution in [3.8, 4) is 11.5 Å². The Morgan fingerprint density at radius 2 is 1.74 bits per heavy atom. The quantitative estimate of drug-likeness (QED) is 0.613. The molecule has 23 heavy (non-hydrogen) atoms. The van der Waals surface area contributed by atoms with Crippen LogP contribution in [0.25, 0.3) is 0 Å². The molecule has 1 rings (SSSR count). The van der Waals surface area contributed by atoms with E-state index in [1.54, 1.807) is 32.4 Å². The van der Waals surface area contributed by atoms with Gasteiger partial charge >= 0.3 is 0 Å². The number of ether oxygens (including phenoxy) is 3. The average molecular weight is 324 g/mol. The minimum Gasteiger partial charge on any atom is -0.493 e. The molecular weight excluding hydrogens is 300 g/mol. The van der Waals surface area contributed by atoms with E-state index in [1.807, 2.05) is 0 Å². The minimum atomic E-state index is -0.232. The Balaban J connectivity index is 2.37. The van der Waals surface area contributed by atoms with E-state index < -0.39 is 0 Å². The molecule has 0 aliphatic heterocycles. The molecule has 0 heterocycles. The number of hydrogen-bond donors (Lipinski definition) is 2. The predicted molar refractivity (Wildman–Crippen MR) is 85.8 cm³/mol. The number of nitrogens with one attached hydrogen (secondary N) is 2. The fourth-order valence-electron chi connectivity index (χ4n) is 1.92. The molecule has 7 nitrogen and oxygen atoms in total. The molecule has 1 aromatic rings. The zero-order chi connectivity index (χ0) is 17.1. The molecule has 7 heteroatoms. The second kappa shape index (κ2) is 10.4. The first-order valence-corrected chi connectivity index (χ1v) is 7.34. The van der Waals surface area contributed by atoms with Crippen molar-refractivity contribution in [2.45, 2.75) is 12.8 Å². The number of carbonyl (C=O) groups is 2. The van der Waals surface area contributed by atoms with Gasteiger partial charge in [0.2, 0.25) is 11.8 Å². The van der Waals surface area contributed by atoms with Crippen LogP contribution in [0.3, 0.4) is 0 Å². The Hall–Kier alpha value is -2.28. The van der Waals surface area contributed by atoms with Gasteiger partial charge in [-0.3, -0.25) is 9.59 Å². The van der Waals surface area contributed by atoms with Gasteiger partial charge in [-0.15, -0.1) is 0 Å². The molecule has 0 aliphatic rings. The Bertz CT molecular complexity index is 519. The van der Waals surface area contributed by atoms with E-state index in [9.17, 15) is 9.59 Å². The first kappa shape index (κ1) is 18.8. The molecule has 0 aromatic heterocycles. The molecule has 0 aliphatic carbocycles. The zero-order valence-electron chi connectivity index (χ0n) is 13.8. The summed E-state index contributed by atoms with van der Waals surface area (Å²) in [6.45, 7) is 1.07. The number of rotatable bonds is 10. The number of methoxy groups -OCH3 is 3. The Morgan fingerprint density at radius 1 is 1.00 bits per heavy atom. The highest BCUT2D eigenvalue weighted by atomic mass is 16.5. The van der Waals surface area contributed by atoms with Crippen LogP contribution in [0.4, 0.5) is 0 Å². The molecule has 0 radical (unpaired) electrons. The van der Waals surface area contributed by atoms with Crippen LogP contribution in [-0.2, 0) is 20.7 Å². The number of benzene rings is 1. The standard InChI is InChI=1S/C16H24N2O5/c1-21-8-4-7-17-16(20)11-18-15(19)10-12-5-6-13(22-2)14(9-12)23-3/h5-6,9H,4,7-8,10-11H2,1-3H3,(H,17,20)(H,18,19). The smallest absolute Gasteiger partial charge is 0.239 e. The van der Waals surface area contributed by atoms with Crippen LogP contribution >= 0.6 is 0 Å². The topological polar surface area (TPSA) is 85.9 Å². The third-order valence-corrected chi connectivity index (χ3v) is 3.11. The van der Waals surface area contributed by atoms with E-state index in [-0.39, 0.29) is 24.8 Å². The Labute approximate surface area is 136 Å². The van der Waals surface area contributed by atoms with E-state index >= 15 is 0 Å². The first-order valence-electron chi connectivity index (χ1n) is 7.34. The van der Waals surface area contributed by atoms with Crippen molar-refractivity contribution in [1.29, 1.82) is 0 Å². The molecule has 0 fully saturated rings. The molecule has 2 amide bonds. The second-order valence-electron chi connectivity index (χ2n) is 4.84. The van der Waals surface area contributed by atoms with Crippen LogP contribution in [0.2, 0.25) is 0 Å². The van der Waals surface area contributed by atoms with Gasteiger partial charge in [-0.25, -0.2) is 0 Å². The fourth-order valence-corrected chi connectivity index (χ4v) is 1.92. The Morgan fingerprint density at radius 3 is 2.39 bits per heavy atom. The Kier molecular flexibility index (Phi) is 8.52. The largest absolute Gasteiger partial charge is 0.493 e. The lowest BCUT2D eigenvalue weighted by Crippen LogP contribution is -2.38. The van der Waals surface area contributed by atoms with Gasteiger partial charge in [0.05, 0.1) is 27.2 Å². The lowest BCUT2D eigenvalue weighted by Gasteiger charge is -2.10. The molecule has 0 spiro atoms. The van der Waals surface area contributed by atoms with Crippen molar-refractivity contribution in [3.05, 3.63) is 23.8 Å². The van der Waals surface area contributed by atoms with Crippen molar-refractivity contribution in [2.24, 2.45) is 0 Å². The summed E-state index contributed by atoms with van der Waals surface area (Å²) in [7, 11) is 4.70. The monoisotopic (exact) mass is 324 g/mol. The SMILES string of the molecule is COCCCNC(=O)CNC(=O)Cc1ccc(OC)c(OC)c1. The molecule has 0 atom stereocenters. The van der Waals surface area contributed by atoms with E-state index in [4.69, 9.17) is 14.2 Å². The van der Waals surface area contributed by atoms with Crippen molar-refractivity contribution in [3.63, 3.8) is 0 Å². The second-order valence-corrected chi connectivity index (χ2v) is 4.84. The van der Waals surface area contributed by atoms with Crippen molar-refractivity contribution in [2.75, 3.05) is 41.0 Å². The maximum Gasteiger partial charge on any atom is 0.239 e. The summed E-state index contributed by atoms with van der Waals surface area (Å²) >= 11 is 0. The normalized spacial score (nSPS) is 10.0. The van der Waals surface area contributed by atoms with Crippen LogP contribution in [0, 0.1) is 0 Å². The highest BCUT2D eigenvalue weighted by molar-refractivity contribution is 5.85.